The molecule has 0 rings (SSSR count). The van der Waals surface area contributed by atoms with Gasteiger partial charge in [0.15, 0.2) is 0 Å². The Kier molecular flexibility index (Phi) is 57.7. The van der Waals surface area contributed by atoms with E-state index in [1.165, 1.54) is 238 Å². The van der Waals surface area contributed by atoms with Gasteiger partial charge in [-0.2, -0.15) is 0 Å². The Morgan fingerprint density at radius 3 is 0.971 bits per heavy atom. The summed E-state index contributed by atoms with van der Waals surface area (Å²) < 4.78 is 0. The Morgan fingerprint density at radius 2 is 0.647 bits per heavy atom. The van der Waals surface area contributed by atoms with Crippen LogP contribution in [0.3, 0.4) is 0 Å². The number of unbranched alkanes of at least 4 members (excludes halogenated alkanes) is 39. The molecule has 0 radical (unpaired) electrons. The van der Waals surface area contributed by atoms with E-state index in [0.29, 0.717) is 12.8 Å². The van der Waals surface area contributed by atoms with E-state index in [1.807, 2.05) is 0 Å². The van der Waals surface area contributed by atoms with Crippen LogP contribution in [0.25, 0.3) is 0 Å². The standard InChI is InChI=1S/C64H119NO3/c1-3-5-7-9-11-13-15-17-19-21-23-25-27-29-30-31-32-33-34-36-38-40-42-44-46-48-50-52-54-56-58-60-64(68)65-62(61-66)63(67)59-57-55-53-51-49-47-45-43-41-39-37-35-28-26-24-22-20-18-16-14-12-10-8-6-4-2/h5,7,11,13,17,19,23,25,29-30,62-63,66-67H,3-4,6,8-10,12,14-16,18,20-22,24,26-28,31-61H2,1-2H3,(H,65,68)/b7-5-,13-11-,19-17-,25-23-,30-29-. The average molecular weight is 951 g/mol. The third kappa shape index (κ3) is 55.0. The van der Waals surface area contributed by atoms with Crippen molar-refractivity contribution in [2.75, 3.05) is 6.61 Å². The summed E-state index contributed by atoms with van der Waals surface area (Å²) in [5.74, 6) is -0.0285. The van der Waals surface area contributed by atoms with Crippen molar-refractivity contribution in [2.45, 2.75) is 334 Å². The maximum atomic E-state index is 12.5. The van der Waals surface area contributed by atoms with Crippen molar-refractivity contribution < 1.29 is 15.0 Å². The molecule has 0 heterocycles. The van der Waals surface area contributed by atoms with Crippen molar-refractivity contribution >= 4 is 5.91 Å². The molecule has 0 aliphatic carbocycles. The lowest BCUT2D eigenvalue weighted by Gasteiger charge is -2.22. The van der Waals surface area contributed by atoms with Crippen molar-refractivity contribution in [1.82, 2.24) is 5.32 Å². The quantitative estimate of drug-likeness (QED) is 0.0420. The van der Waals surface area contributed by atoms with Crippen molar-refractivity contribution in [1.29, 1.82) is 0 Å². The van der Waals surface area contributed by atoms with E-state index >= 15 is 0 Å². The topological polar surface area (TPSA) is 69.6 Å². The number of allylic oxidation sites excluding steroid dienone is 10. The molecule has 2 unspecified atom stereocenters. The van der Waals surface area contributed by atoms with Gasteiger partial charge < -0.3 is 15.5 Å². The van der Waals surface area contributed by atoms with Crippen LogP contribution >= 0.6 is 0 Å². The monoisotopic (exact) mass is 950 g/mol. The average Bonchev–Trinajstić information content (AvgIpc) is 3.34. The first-order chi connectivity index (χ1) is 33.7. The van der Waals surface area contributed by atoms with E-state index in [-0.39, 0.29) is 12.5 Å². The highest BCUT2D eigenvalue weighted by molar-refractivity contribution is 5.76. The number of nitrogens with one attached hydrogen (secondary N) is 1. The zero-order chi connectivity index (χ0) is 49.2. The summed E-state index contributed by atoms with van der Waals surface area (Å²) >= 11 is 0. The first kappa shape index (κ1) is 66.1. The van der Waals surface area contributed by atoms with Crippen LogP contribution in [0, 0.1) is 0 Å². The molecular formula is C64H119NO3. The maximum Gasteiger partial charge on any atom is 0.220 e. The second kappa shape index (κ2) is 59.4. The molecular weight excluding hydrogens is 831 g/mol. The molecule has 0 aliphatic rings. The molecule has 0 aromatic rings. The summed E-state index contributed by atoms with van der Waals surface area (Å²) in [6, 6.07) is -0.539. The SMILES string of the molecule is CC/C=C\C/C=C\C/C=C\C/C=C\C/C=C\CCCCCCCCCCCCCCCCCC(=O)NC(CO)C(O)CCCCCCCCCCCCCCCCCCCCCCCCCCC. The van der Waals surface area contributed by atoms with Gasteiger partial charge in [-0.15, -0.1) is 0 Å². The van der Waals surface area contributed by atoms with Crippen LogP contribution in [-0.4, -0.2) is 34.9 Å². The molecule has 0 saturated carbocycles. The van der Waals surface area contributed by atoms with E-state index in [9.17, 15) is 15.0 Å². The number of amides is 1. The fourth-order valence-corrected chi connectivity index (χ4v) is 9.45. The normalized spacial score (nSPS) is 13.2. The Hall–Kier alpha value is -1.91. The number of hydrogen-bond donors (Lipinski definition) is 3. The summed E-state index contributed by atoms with van der Waals surface area (Å²) in [5.41, 5.74) is 0. The predicted molar refractivity (Wildman–Crippen MR) is 304 cm³/mol. The van der Waals surface area contributed by atoms with Crippen LogP contribution in [0.15, 0.2) is 60.8 Å². The van der Waals surface area contributed by atoms with E-state index in [2.05, 4.69) is 79.9 Å². The van der Waals surface area contributed by atoms with Crippen LogP contribution in [-0.2, 0) is 4.79 Å². The lowest BCUT2D eigenvalue weighted by atomic mass is 10.0. The van der Waals surface area contributed by atoms with Crippen molar-refractivity contribution in [3.8, 4) is 0 Å². The number of carbonyl (C=O) groups is 1. The second-order valence-electron chi connectivity index (χ2n) is 20.7. The lowest BCUT2D eigenvalue weighted by Crippen LogP contribution is -2.45. The van der Waals surface area contributed by atoms with Crippen molar-refractivity contribution in [3.05, 3.63) is 60.8 Å². The number of carbonyl (C=O) groups excluding carboxylic acids is 1. The Bertz CT molecular complexity index is 1120. The number of aliphatic hydroxyl groups is 2. The fourth-order valence-electron chi connectivity index (χ4n) is 9.45. The van der Waals surface area contributed by atoms with E-state index in [1.54, 1.807) is 0 Å². The predicted octanol–water partition coefficient (Wildman–Crippen LogP) is 20.4. The Balaban J connectivity index is 3.45. The number of aliphatic hydroxyl groups excluding tert-OH is 2. The van der Waals surface area contributed by atoms with Gasteiger partial charge in [-0.3, -0.25) is 4.79 Å². The van der Waals surface area contributed by atoms with Gasteiger partial charge in [-0.05, 0) is 57.8 Å². The fraction of sp³-hybridized carbons (Fsp3) is 0.828. The molecule has 68 heavy (non-hydrogen) atoms. The highest BCUT2D eigenvalue weighted by Crippen LogP contribution is 2.18. The molecule has 0 saturated heterocycles. The highest BCUT2D eigenvalue weighted by atomic mass is 16.3. The van der Waals surface area contributed by atoms with Crippen LogP contribution < -0.4 is 5.32 Å². The maximum absolute atomic E-state index is 12.5. The minimum atomic E-state index is -0.662. The molecule has 0 spiro atoms. The summed E-state index contributed by atoms with van der Waals surface area (Å²) in [6.45, 7) is 4.28. The Morgan fingerprint density at radius 1 is 0.368 bits per heavy atom. The summed E-state index contributed by atoms with van der Waals surface area (Å²) in [4.78, 5) is 12.5. The van der Waals surface area contributed by atoms with Crippen molar-refractivity contribution in [2.24, 2.45) is 0 Å². The lowest BCUT2D eigenvalue weighted by molar-refractivity contribution is -0.123. The minimum absolute atomic E-state index is 0.0285. The molecule has 0 bridgehead atoms. The van der Waals surface area contributed by atoms with Crippen molar-refractivity contribution in [3.63, 3.8) is 0 Å². The molecule has 0 fully saturated rings. The molecule has 1 amide bonds. The second-order valence-corrected chi connectivity index (χ2v) is 20.7. The van der Waals surface area contributed by atoms with Crippen LogP contribution in [0.2, 0.25) is 0 Å². The molecule has 0 aromatic heterocycles. The minimum Gasteiger partial charge on any atom is -0.394 e. The first-order valence-corrected chi connectivity index (χ1v) is 30.5. The van der Waals surface area contributed by atoms with Crippen LogP contribution in [0.5, 0.6) is 0 Å². The third-order valence-corrected chi connectivity index (χ3v) is 14.0. The van der Waals surface area contributed by atoms with Gasteiger partial charge in [0.25, 0.3) is 0 Å². The van der Waals surface area contributed by atoms with E-state index in [4.69, 9.17) is 0 Å². The molecule has 2 atom stereocenters. The molecule has 4 heteroatoms. The zero-order valence-electron chi connectivity index (χ0n) is 45.9. The molecule has 4 nitrogen and oxygen atoms in total. The van der Waals surface area contributed by atoms with Crippen LogP contribution in [0.4, 0.5) is 0 Å². The van der Waals surface area contributed by atoms with Gasteiger partial charge in [-0.1, -0.05) is 319 Å². The molecule has 0 aliphatic heterocycles. The van der Waals surface area contributed by atoms with Gasteiger partial charge in [0, 0.05) is 6.42 Å². The molecule has 0 aromatic carbocycles. The van der Waals surface area contributed by atoms with Gasteiger partial charge in [-0.25, -0.2) is 0 Å². The number of hydrogen-bond acceptors (Lipinski definition) is 3. The first-order valence-electron chi connectivity index (χ1n) is 30.5. The van der Waals surface area contributed by atoms with Gasteiger partial charge in [0.1, 0.15) is 0 Å². The summed E-state index contributed by atoms with van der Waals surface area (Å²) in [6.07, 6.45) is 83.7. The molecule has 398 valence electrons. The smallest absolute Gasteiger partial charge is 0.220 e. The van der Waals surface area contributed by atoms with E-state index < -0.39 is 12.1 Å². The summed E-state index contributed by atoms with van der Waals surface area (Å²) in [7, 11) is 0. The highest BCUT2D eigenvalue weighted by Gasteiger charge is 2.20. The summed E-state index contributed by atoms with van der Waals surface area (Å²) in [5, 5.41) is 23.4. The van der Waals surface area contributed by atoms with Gasteiger partial charge in [0.05, 0.1) is 18.8 Å². The van der Waals surface area contributed by atoms with Gasteiger partial charge >= 0.3 is 0 Å². The largest absolute Gasteiger partial charge is 0.394 e. The van der Waals surface area contributed by atoms with Gasteiger partial charge in [0.2, 0.25) is 5.91 Å². The number of rotatable bonds is 56. The molecule has 3 N–H and O–H groups in total. The van der Waals surface area contributed by atoms with Crippen LogP contribution in [0.1, 0.15) is 322 Å². The third-order valence-electron chi connectivity index (χ3n) is 14.0. The zero-order valence-corrected chi connectivity index (χ0v) is 45.9. The Labute approximate surface area is 426 Å². The van der Waals surface area contributed by atoms with E-state index in [0.717, 1.165) is 57.8 Å².